The van der Waals surface area contributed by atoms with Gasteiger partial charge in [0.05, 0.1) is 32.7 Å². The first-order chi connectivity index (χ1) is 19.2. The highest BCUT2D eigenvalue weighted by Gasteiger charge is 2.55. The second kappa shape index (κ2) is 11.2. The molecule has 3 aliphatic rings. The van der Waals surface area contributed by atoms with Crippen LogP contribution in [0.3, 0.4) is 0 Å². The first kappa shape index (κ1) is 28.1. The van der Waals surface area contributed by atoms with Crippen LogP contribution in [0.1, 0.15) is 59.4 Å². The smallest absolute Gasteiger partial charge is 0.209 e. The number of aromatic nitrogens is 4. The summed E-state index contributed by atoms with van der Waals surface area (Å²) in [5, 5.41) is 4.17. The Balaban J connectivity index is 1.34. The molecule has 14 nitrogen and oxygen atoms in total. The molecule has 1 saturated carbocycles. The fraction of sp³-hybridized carbons (Fsp3) is 0.731. The lowest BCUT2D eigenvalue weighted by Gasteiger charge is -2.28. The molecule has 0 bridgehead atoms. The topological polar surface area (TPSA) is 180 Å². The zero-order valence-corrected chi connectivity index (χ0v) is 23.8. The van der Waals surface area contributed by atoms with Gasteiger partial charge in [-0.1, -0.05) is 19.0 Å². The number of azide groups is 1. The molecule has 1 aliphatic carbocycles. The lowest BCUT2D eigenvalue weighted by molar-refractivity contribution is -0.160. The van der Waals surface area contributed by atoms with Crippen molar-refractivity contribution < 1.29 is 18.9 Å². The minimum atomic E-state index is -0.741. The highest BCUT2D eigenvalue weighted by atomic mass is 16.8. The maximum atomic E-state index is 9.41. The highest BCUT2D eigenvalue weighted by Crippen LogP contribution is 2.49. The largest absolute Gasteiger partial charge is 0.483 e. The zero-order valence-electron chi connectivity index (χ0n) is 23.8. The molecule has 2 fully saturated rings. The molecular formula is C26H38N10O4. The molecule has 0 spiro atoms. The van der Waals surface area contributed by atoms with Crippen molar-refractivity contribution in [2.45, 2.75) is 95.5 Å². The van der Waals surface area contributed by atoms with Crippen molar-refractivity contribution in [2.24, 2.45) is 26.9 Å². The van der Waals surface area contributed by atoms with E-state index >= 15 is 0 Å². The number of hydrogen-bond donors (Lipinski definition) is 1. The average molecular weight is 555 g/mol. The molecule has 0 amide bonds. The Hall–Kier alpha value is -3.48. The second-order valence-electron chi connectivity index (χ2n) is 11.4. The molecule has 40 heavy (non-hydrogen) atoms. The summed E-state index contributed by atoms with van der Waals surface area (Å²) >= 11 is 0. The van der Waals surface area contributed by atoms with E-state index < -0.39 is 5.79 Å². The lowest BCUT2D eigenvalue weighted by atomic mass is 9.92. The maximum absolute atomic E-state index is 9.41. The van der Waals surface area contributed by atoms with Crippen LogP contribution >= 0.6 is 0 Å². The van der Waals surface area contributed by atoms with Crippen molar-refractivity contribution >= 4 is 28.8 Å². The summed E-state index contributed by atoms with van der Waals surface area (Å²) in [5.41, 5.74) is 16.7. The van der Waals surface area contributed by atoms with Gasteiger partial charge in [0.2, 0.25) is 11.8 Å². The quantitative estimate of drug-likeness (QED) is 0.290. The van der Waals surface area contributed by atoms with E-state index in [-0.39, 0.29) is 48.2 Å². The van der Waals surface area contributed by atoms with E-state index in [1.165, 1.54) is 6.33 Å². The van der Waals surface area contributed by atoms with E-state index in [1.807, 2.05) is 18.4 Å². The van der Waals surface area contributed by atoms with E-state index in [0.29, 0.717) is 48.0 Å². The Morgan fingerprint density at radius 3 is 2.60 bits per heavy atom. The van der Waals surface area contributed by atoms with Gasteiger partial charge in [-0.15, -0.1) is 0 Å². The van der Waals surface area contributed by atoms with Crippen LogP contribution in [0.25, 0.3) is 21.6 Å². The number of rotatable bonds is 8. The SMILES string of the molecule is COC1=N[C@H](C(C)C)C(OC)=N[C@H]1CC[C@@H](C[C@H]1C[C@@H](n2cnc3c(N)ncnc32)[C@@H]2OC(C)(C)O[C@H]12)N=[N+]=[N-]. The summed E-state index contributed by atoms with van der Waals surface area (Å²) in [4.78, 5) is 25.7. The highest BCUT2D eigenvalue weighted by molar-refractivity contribution is 5.94. The van der Waals surface area contributed by atoms with Gasteiger partial charge in [-0.05, 0) is 56.9 Å². The van der Waals surface area contributed by atoms with Crippen molar-refractivity contribution in [1.82, 2.24) is 19.5 Å². The van der Waals surface area contributed by atoms with E-state index in [4.69, 9.17) is 34.7 Å². The van der Waals surface area contributed by atoms with Gasteiger partial charge in [0.1, 0.15) is 30.0 Å². The number of nitrogens with two attached hydrogens (primary N) is 1. The zero-order chi connectivity index (χ0) is 28.6. The summed E-state index contributed by atoms with van der Waals surface area (Å²) in [6.07, 6.45) is 5.37. The van der Waals surface area contributed by atoms with Gasteiger partial charge in [0.25, 0.3) is 0 Å². The molecule has 216 valence electrons. The van der Waals surface area contributed by atoms with Gasteiger partial charge in [-0.3, -0.25) is 0 Å². The fourth-order valence-electron chi connectivity index (χ4n) is 6.22. The van der Waals surface area contributed by atoms with E-state index in [1.54, 1.807) is 20.5 Å². The van der Waals surface area contributed by atoms with Crippen molar-refractivity contribution in [2.75, 3.05) is 20.0 Å². The number of methoxy groups -OCH3 is 2. The number of aliphatic imine (C=N–C) groups is 2. The van der Waals surface area contributed by atoms with E-state index in [9.17, 15) is 5.53 Å². The molecule has 0 unspecified atom stereocenters. The Labute approximate surface area is 233 Å². The van der Waals surface area contributed by atoms with Crippen LogP contribution in [-0.4, -0.2) is 81.7 Å². The van der Waals surface area contributed by atoms with E-state index in [2.05, 4.69) is 38.8 Å². The summed E-state index contributed by atoms with van der Waals surface area (Å²) in [5.74, 6) is 1.06. The van der Waals surface area contributed by atoms with Crippen LogP contribution in [0.5, 0.6) is 0 Å². The van der Waals surface area contributed by atoms with Crippen molar-refractivity contribution in [3.8, 4) is 0 Å². The van der Waals surface area contributed by atoms with Crippen molar-refractivity contribution in [3.63, 3.8) is 0 Å². The molecule has 2 aromatic heterocycles. The number of fused-ring (bicyclic) bond motifs is 2. The van der Waals surface area contributed by atoms with Gasteiger partial charge >= 0.3 is 0 Å². The third-order valence-electron chi connectivity index (χ3n) is 8.00. The Kier molecular flexibility index (Phi) is 7.85. The molecule has 1 saturated heterocycles. The van der Waals surface area contributed by atoms with Gasteiger partial charge in [-0.2, -0.15) is 0 Å². The molecule has 7 atom stereocenters. The number of ether oxygens (including phenoxy) is 4. The van der Waals surface area contributed by atoms with Gasteiger partial charge in [0, 0.05) is 11.0 Å². The molecule has 5 rings (SSSR count). The molecule has 2 aliphatic heterocycles. The minimum Gasteiger partial charge on any atom is -0.483 e. The Morgan fingerprint density at radius 1 is 1.15 bits per heavy atom. The van der Waals surface area contributed by atoms with Crippen LogP contribution in [0, 0.1) is 11.8 Å². The molecule has 2 aromatic rings. The normalized spacial score (nSPS) is 30.0. The molecule has 14 heteroatoms. The van der Waals surface area contributed by atoms with Crippen LogP contribution in [0.2, 0.25) is 0 Å². The van der Waals surface area contributed by atoms with Crippen molar-refractivity contribution in [3.05, 3.63) is 23.1 Å². The van der Waals surface area contributed by atoms with Gasteiger partial charge in [0.15, 0.2) is 17.3 Å². The van der Waals surface area contributed by atoms with Crippen LogP contribution < -0.4 is 5.73 Å². The summed E-state index contributed by atoms with van der Waals surface area (Å²) in [6.45, 7) is 7.98. The Bertz CT molecular complexity index is 1330. The Morgan fingerprint density at radius 2 is 1.90 bits per heavy atom. The number of nitrogen functional groups attached to an aromatic ring is 1. The maximum Gasteiger partial charge on any atom is 0.209 e. The first-order valence-corrected chi connectivity index (χ1v) is 13.7. The lowest BCUT2D eigenvalue weighted by Crippen LogP contribution is -2.37. The third-order valence-corrected chi connectivity index (χ3v) is 8.00. The van der Waals surface area contributed by atoms with Crippen molar-refractivity contribution in [1.29, 1.82) is 0 Å². The third kappa shape index (κ3) is 5.30. The minimum absolute atomic E-state index is 0.0739. The molecule has 0 radical (unpaired) electrons. The van der Waals surface area contributed by atoms with Crippen LogP contribution in [0.15, 0.2) is 27.8 Å². The predicted octanol–water partition coefficient (Wildman–Crippen LogP) is 3.84. The summed E-state index contributed by atoms with van der Waals surface area (Å²) in [6, 6.07) is -0.835. The van der Waals surface area contributed by atoms with E-state index in [0.717, 1.165) is 6.42 Å². The second-order valence-corrected chi connectivity index (χ2v) is 11.4. The molecule has 2 N–H and O–H groups in total. The average Bonchev–Trinajstić information content (AvgIpc) is 3.58. The standard InChI is InChI=1S/C26H38N10O4/c1-13(2)18-25(38-6)32-16(24(33-18)37-5)8-7-15(34-35-28)9-14-10-17(21-20(14)39-26(3,4)40-21)36-12-31-19-22(27)29-11-30-23(19)36/h11-18,20-21H,7-10H2,1-6H3,(H2,27,29,30)/t14-,15-,16-,17+,18+,20+,21-/m0/s1. The number of imidazole rings is 1. The number of nitrogens with zero attached hydrogens (tertiary/aromatic N) is 9. The number of hydrogen-bond acceptors (Lipinski definition) is 11. The first-order valence-electron chi connectivity index (χ1n) is 13.7. The van der Waals surface area contributed by atoms with Crippen LogP contribution in [0.4, 0.5) is 5.82 Å². The molecule has 0 aromatic carbocycles. The fourth-order valence-corrected chi connectivity index (χ4v) is 6.22. The van der Waals surface area contributed by atoms with Gasteiger partial charge in [-0.25, -0.2) is 24.9 Å². The number of anilines is 1. The predicted molar refractivity (Wildman–Crippen MR) is 149 cm³/mol. The summed E-state index contributed by atoms with van der Waals surface area (Å²) in [7, 11) is 3.22. The van der Waals surface area contributed by atoms with Gasteiger partial charge < -0.3 is 29.2 Å². The monoisotopic (exact) mass is 554 g/mol. The molecule has 4 heterocycles. The summed E-state index contributed by atoms with van der Waals surface area (Å²) < 4.78 is 25.9. The molecular weight excluding hydrogens is 516 g/mol. The van der Waals surface area contributed by atoms with Crippen LogP contribution in [-0.2, 0) is 18.9 Å².